The molecule has 0 aliphatic heterocycles. The molecule has 0 bridgehead atoms. The zero-order valence-corrected chi connectivity index (χ0v) is 13.6. The number of aliphatic hydroxyl groups excluding tert-OH is 2. The highest BCUT2D eigenvalue weighted by Gasteiger charge is 2.19. The predicted molar refractivity (Wildman–Crippen MR) is 91.2 cm³/mol. The highest BCUT2D eigenvalue weighted by atomic mass is 35.5. The van der Waals surface area contributed by atoms with Gasteiger partial charge in [-0.25, -0.2) is 4.39 Å². The second-order valence-electron chi connectivity index (χ2n) is 5.41. The van der Waals surface area contributed by atoms with Crippen molar-refractivity contribution in [3.05, 3.63) is 64.9 Å². The number of benzene rings is 2. The van der Waals surface area contributed by atoms with Crippen LogP contribution in [-0.2, 0) is 6.54 Å². The summed E-state index contributed by atoms with van der Waals surface area (Å²) in [6, 6.07) is 14.2. The summed E-state index contributed by atoms with van der Waals surface area (Å²) in [6.45, 7) is 0.584. The molecular formula is C18H21ClFNO2. The molecule has 0 amide bonds. The third-order valence-electron chi connectivity index (χ3n) is 3.78. The first-order valence-electron chi connectivity index (χ1n) is 7.63. The van der Waals surface area contributed by atoms with Crippen LogP contribution in [0.5, 0.6) is 0 Å². The number of hydrogen-bond donors (Lipinski definition) is 2. The van der Waals surface area contributed by atoms with Crippen molar-refractivity contribution < 1.29 is 14.6 Å². The van der Waals surface area contributed by atoms with E-state index in [1.165, 1.54) is 6.07 Å². The van der Waals surface area contributed by atoms with E-state index in [0.717, 1.165) is 11.3 Å². The van der Waals surface area contributed by atoms with Crippen molar-refractivity contribution in [2.75, 3.05) is 18.1 Å². The molecule has 0 saturated heterocycles. The highest BCUT2D eigenvalue weighted by Crippen LogP contribution is 2.27. The number of rotatable bonds is 8. The second kappa shape index (κ2) is 8.87. The van der Waals surface area contributed by atoms with Gasteiger partial charge in [0, 0.05) is 18.8 Å². The Hall–Kier alpha value is -1.62. The number of nitrogens with zero attached hydrogens (tertiary/aromatic N) is 1. The van der Waals surface area contributed by atoms with Gasteiger partial charge in [0.15, 0.2) is 0 Å². The van der Waals surface area contributed by atoms with Crippen molar-refractivity contribution >= 4 is 17.3 Å². The van der Waals surface area contributed by atoms with Gasteiger partial charge < -0.3 is 15.1 Å². The Bertz CT molecular complexity index is 609. The molecule has 2 aromatic carbocycles. The summed E-state index contributed by atoms with van der Waals surface area (Å²) >= 11 is 5.91. The number of aliphatic hydroxyl groups is 2. The lowest BCUT2D eigenvalue weighted by Crippen LogP contribution is -2.38. The van der Waals surface area contributed by atoms with Crippen molar-refractivity contribution in [1.29, 1.82) is 0 Å². The average Bonchev–Trinajstić information content (AvgIpc) is 2.58. The van der Waals surface area contributed by atoms with Gasteiger partial charge in [-0.3, -0.25) is 0 Å². The molecule has 0 spiro atoms. The summed E-state index contributed by atoms with van der Waals surface area (Å²) in [5, 5.41) is 18.9. The van der Waals surface area contributed by atoms with E-state index in [0.29, 0.717) is 19.4 Å². The van der Waals surface area contributed by atoms with Gasteiger partial charge in [0.1, 0.15) is 5.82 Å². The molecule has 0 radical (unpaired) electrons. The first-order chi connectivity index (χ1) is 11.2. The van der Waals surface area contributed by atoms with Crippen LogP contribution in [0.25, 0.3) is 0 Å². The fraction of sp³-hybridized carbons (Fsp3) is 0.333. The molecule has 0 fully saturated rings. The number of anilines is 1. The molecule has 0 aliphatic carbocycles. The SMILES string of the molecule is OCCCC(CO)N(Cc1ccccc1)c1ccc(F)c(Cl)c1. The average molecular weight is 338 g/mol. The molecule has 0 heterocycles. The number of hydrogen-bond acceptors (Lipinski definition) is 3. The summed E-state index contributed by atoms with van der Waals surface area (Å²) in [5.74, 6) is -0.467. The van der Waals surface area contributed by atoms with Gasteiger partial charge in [0.25, 0.3) is 0 Å². The minimum absolute atomic E-state index is 0.0537. The second-order valence-corrected chi connectivity index (χ2v) is 5.82. The third kappa shape index (κ3) is 4.93. The van der Waals surface area contributed by atoms with E-state index in [2.05, 4.69) is 0 Å². The Morgan fingerprint density at radius 1 is 1.09 bits per heavy atom. The molecule has 1 unspecified atom stereocenters. The molecule has 2 rings (SSSR count). The maximum atomic E-state index is 13.4. The van der Waals surface area contributed by atoms with Gasteiger partial charge in [-0.1, -0.05) is 41.9 Å². The first kappa shape index (κ1) is 17.7. The molecule has 0 aliphatic rings. The van der Waals surface area contributed by atoms with Crippen LogP contribution in [0, 0.1) is 5.82 Å². The Morgan fingerprint density at radius 2 is 1.83 bits per heavy atom. The van der Waals surface area contributed by atoms with Crippen molar-refractivity contribution in [3.63, 3.8) is 0 Å². The van der Waals surface area contributed by atoms with Crippen LogP contribution in [0.4, 0.5) is 10.1 Å². The van der Waals surface area contributed by atoms with Crippen LogP contribution in [0.2, 0.25) is 5.02 Å². The Kier molecular flexibility index (Phi) is 6.84. The zero-order valence-electron chi connectivity index (χ0n) is 12.8. The minimum Gasteiger partial charge on any atom is -0.396 e. The van der Waals surface area contributed by atoms with Crippen LogP contribution in [0.1, 0.15) is 18.4 Å². The molecule has 5 heteroatoms. The van der Waals surface area contributed by atoms with Crippen LogP contribution in [0.15, 0.2) is 48.5 Å². The normalized spacial score (nSPS) is 12.2. The Balaban J connectivity index is 2.30. The molecular weight excluding hydrogens is 317 g/mol. The van der Waals surface area contributed by atoms with Crippen LogP contribution >= 0.6 is 11.6 Å². The zero-order chi connectivity index (χ0) is 16.7. The van der Waals surface area contributed by atoms with Crippen molar-refractivity contribution in [3.8, 4) is 0 Å². The smallest absolute Gasteiger partial charge is 0.141 e. The first-order valence-corrected chi connectivity index (χ1v) is 8.01. The lowest BCUT2D eigenvalue weighted by atomic mass is 10.1. The van der Waals surface area contributed by atoms with E-state index >= 15 is 0 Å². The summed E-state index contributed by atoms with van der Waals surface area (Å²) in [7, 11) is 0. The van der Waals surface area contributed by atoms with Gasteiger partial charge in [-0.2, -0.15) is 0 Å². The molecule has 2 aromatic rings. The Morgan fingerprint density at radius 3 is 2.43 bits per heavy atom. The van der Waals surface area contributed by atoms with E-state index in [-0.39, 0.29) is 24.3 Å². The van der Waals surface area contributed by atoms with Gasteiger partial charge in [-0.15, -0.1) is 0 Å². The summed E-state index contributed by atoms with van der Waals surface area (Å²) in [6.07, 6.45) is 1.22. The molecule has 3 nitrogen and oxygen atoms in total. The maximum absolute atomic E-state index is 13.4. The lowest BCUT2D eigenvalue weighted by molar-refractivity contribution is 0.231. The molecule has 2 N–H and O–H groups in total. The fourth-order valence-corrected chi connectivity index (χ4v) is 2.72. The topological polar surface area (TPSA) is 43.7 Å². The number of halogens is 2. The highest BCUT2D eigenvalue weighted by molar-refractivity contribution is 6.31. The van der Waals surface area contributed by atoms with E-state index in [4.69, 9.17) is 16.7 Å². The molecule has 1 atom stereocenters. The van der Waals surface area contributed by atoms with Gasteiger partial charge in [0.2, 0.25) is 0 Å². The molecule has 0 aromatic heterocycles. The lowest BCUT2D eigenvalue weighted by Gasteiger charge is -2.33. The summed E-state index contributed by atoms with van der Waals surface area (Å²) in [4.78, 5) is 2.00. The summed E-state index contributed by atoms with van der Waals surface area (Å²) in [5.41, 5.74) is 1.83. The van der Waals surface area contributed by atoms with E-state index in [1.54, 1.807) is 12.1 Å². The maximum Gasteiger partial charge on any atom is 0.141 e. The van der Waals surface area contributed by atoms with E-state index in [9.17, 15) is 9.50 Å². The van der Waals surface area contributed by atoms with Crippen LogP contribution in [0.3, 0.4) is 0 Å². The largest absolute Gasteiger partial charge is 0.396 e. The van der Waals surface area contributed by atoms with Crippen molar-refractivity contribution in [2.45, 2.75) is 25.4 Å². The van der Waals surface area contributed by atoms with Gasteiger partial charge >= 0.3 is 0 Å². The fourth-order valence-electron chi connectivity index (χ4n) is 2.55. The minimum atomic E-state index is -0.467. The Labute approximate surface area is 140 Å². The quantitative estimate of drug-likeness (QED) is 0.773. The van der Waals surface area contributed by atoms with E-state index < -0.39 is 5.82 Å². The van der Waals surface area contributed by atoms with Gasteiger partial charge in [0.05, 0.1) is 17.7 Å². The standard InChI is InChI=1S/C18H21ClFNO2/c19-17-11-15(8-9-18(17)20)21(16(13-23)7-4-10-22)12-14-5-2-1-3-6-14/h1-3,5-6,8-9,11,16,22-23H,4,7,10,12-13H2. The van der Waals surface area contributed by atoms with E-state index in [1.807, 2.05) is 35.2 Å². The van der Waals surface area contributed by atoms with Crippen LogP contribution in [-0.4, -0.2) is 29.5 Å². The molecule has 0 saturated carbocycles. The van der Waals surface area contributed by atoms with Gasteiger partial charge in [-0.05, 0) is 36.6 Å². The summed E-state index contributed by atoms with van der Waals surface area (Å²) < 4.78 is 13.4. The van der Waals surface area contributed by atoms with Crippen molar-refractivity contribution in [2.24, 2.45) is 0 Å². The third-order valence-corrected chi connectivity index (χ3v) is 4.07. The molecule has 23 heavy (non-hydrogen) atoms. The monoisotopic (exact) mass is 337 g/mol. The molecule has 124 valence electrons. The predicted octanol–water partition coefficient (Wildman–Crippen LogP) is 3.62. The van der Waals surface area contributed by atoms with Crippen LogP contribution < -0.4 is 4.90 Å². The van der Waals surface area contributed by atoms with Crippen molar-refractivity contribution in [1.82, 2.24) is 0 Å².